The first-order valence-corrected chi connectivity index (χ1v) is 13.8. The Morgan fingerprint density at radius 3 is 2.39 bits per heavy atom. The molecule has 0 bridgehead atoms. The number of carbonyl (C=O) groups is 2. The first-order valence-electron chi connectivity index (χ1n) is 12.1. The Hall–Kier alpha value is -3.43. The number of anilines is 1. The lowest BCUT2D eigenvalue weighted by atomic mass is 9.97. The molecule has 2 heterocycles. The number of amides is 2. The molecule has 8 nitrogen and oxygen atoms in total. The Morgan fingerprint density at radius 2 is 1.67 bits per heavy atom. The summed E-state index contributed by atoms with van der Waals surface area (Å²) in [6.45, 7) is 0.875. The van der Waals surface area contributed by atoms with Gasteiger partial charge in [0.15, 0.2) is 0 Å². The maximum absolute atomic E-state index is 12.9. The summed E-state index contributed by atoms with van der Waals surface area (Å²) in [5.74, 6) is -0.119. The molecule has 1 saturated heterocycles. The fraction of sp³-hybridized carbons (Fsp3) is 0.333. The summed E-state index contributed by atoms with van der Waals surface area (Å²) in [5.41, 5.74) is 1.91. The van der Waals surface area contributed by atoms with E-state index in [9.17, 15) is 18.0 Å². The van der Waals surface area contributed by atoms with E-state index >= 15 is 0 Å². The predicted molar refractivity (Wildman–Crippen MR) is 138 cm³/mol. The van der Waals surface area contributed by atoms with Crippen molar-refractivity contribution in [1.29, 1.82) is 0 Å². The van der Waals surface area contributed by atoms with Crippen molar-refractivity contribution in [3.05, 3.63) is 89.9 Å². The van der Waals surface area contributed by atoms with Crippen LogP contribution in [-0.2, 0) is 27.8 Å². The van der Waals surface area contributed by atoms with Crippen LogP contribution in [0, 0.1) is 5.92 Å². The van der Waals surface area contributed by atoms with E-state index in [-0.39, 0.29) is 30.0 Å². The van der Waals surface area contributed by atoms with Crippen LogP contribution >= 0.6 is 0 Å². The van der Waals surface area contributed by atoms with Crippen molar-refractivity contribution in [2.45, 2.75) is 32.2 Å². The quantitative estimate of drug-likeness (QED) is 0.432. The molecule has 0 aliphatic carbocycles. The van der Waals surface area contributed by atoms with Gasteiger partial charge in [0.2, 0.25) is 15.9 Å². The molecule has 4 rings (SSSR count). The number of sulfonamides is 1. The average molecular weight is 510 g/mol. The molecule has 1 fully saturated rings. The molecule has 2 aromatic carbocycles. The number of nitrogens with zero attached hydrogens (tertiary/aromatic N) is 1. The molecule has 1 aliphatic rings. The summed E-state index contributed by atoms with van der Waals surface area (Å²) in [5, 5.41) is 5.66. The first kappa shape index (κ1) is 25.7. The Morgan fingerprint density at radius 1 is 0.944 bits per heavy atom. The summed E-state index contributed by atoms with van der Waals surface area (Å²) in [6.07, 6.45) is 3.70. The third-order valence-electron chi connectivity index (χ3n) is 6.36. The molecule has 0 atom stereocenters. The topological polar surface area (TPSA) is 109 Å². The van der Waals surface area contributed by atoms with Crippen molar-refractivity contribution in [2.75, 3.05) is 24.2 Å². The second-order valence-corrected chi connectivity index (χ2v) is 11.0. The van der Waals surface area contributed by atoms with Crippen LogP contribution in [0.2, 0.25) is 0 Å². The normalized spacial score (nSPS) is 14.9. The highest BCUT2D eigenvalue weighted by molar-refractivity contribution is 7.89. The number of benzene rings is 2. The summed E-state index contributed by atoms with van der Waals surface area (Å²) in [7, 11) is -3.36. The Labute approximate surface area is 211 Å². The van der Waals surface area contributed by atoms with Gasteiger partial charge in [0, 0.05) is 19.0 Å². The van der Waals surface area contributed by atoms with Crippen LogP contribution in [0.15, 0.2) is 77.4 Å². The number of nitrogens with one attached hydrogen (secondary N) is 2. The van der Waals surface area contributed by atoms with Crippen LogP contribution in [0.25, 0.3) is 0 Å². The zero-order chi connectivity index (χ0) is 25.4. The third-order valence-corrected chi connectivity index (χ3v) is 8.32. The lowest BCUT2D eigenvalue weighted by Gasteiger charge is -2.30. The van der Waals surface area contributed by atoms with E-state index in [1.807, 2.05) is 30.3 Å². The smallest absolute Gasteiger partial charge is 0.253 e. The van der Waals surface area contributed by atoms with Gasteiger partial charge in [-0.05, 0) is 55.5 Å². The van der Waals surface area contributed by atoms with Crippen molar-refractivity contribution >= 4 is 27.5 Å². The minimum atomic E-state index is -3.36. The average Bonchev–Trinajstić information content (AvgIpc) is 3.42. The highest BCUT2D eigenvalue weighted by Gasteiger charge is 2.31. The third kappa shape index (κ3) is 6.83. The van der Waals surface area contributed by atoms with Gasteiger partial charge in [0.05, 0.1) is 29.8 Å². The van der Waals surface area contributed by atoms with Crippen molar-refractivity contribution in [3.63, 3.8) is 0 Å². The van der Waals surface area contributed by atoms with Gasteiger partial charge in [-0.15, -0.1) is 0 Å². The van der Waals surface area contributed by atoms with Crippen LogP contribution in [0.5, 0.6) is 0 Å². The SMILES string of the molecule is O=C(NCc1ccco1)c1ccccc1NC(=O)C1CCN(S(=O)(=O)CCCc2ccccc2)CC1. The van der Waals surface area contributed by atoms with Crippen molar-refractivity contribution in [3.8, 4) is 0 Å². The van der Waals surface area contributed by atoms with Crippen LogP contribution in [0.4, 0.5) is 5.69 Å². The first-order chi connectivity index (χ1) is 17.4. The van der Waals surface area contributed by atoms with E-state index in [1.54, 1.807) is 36.4 Å². The molecular weight excluding hydrogens is 478 g/mol. The Kier molecular flexibility index (Phi) is 8.56. The lowest BCUT2D eigenvalue weighted by Crippen LogP contribution is -2.42. The Balaban J connectivity index is 1.27. The van der Waals surface area contributed by atoms with Crippen molar-refractivity contribution < 1.29 is 22.4 Å². The van der Waals surface area contributed by atoms with Gasteiger partial charge in [-0.25, -0.2) is 12.7 Å². The largest absolute Gasteiger partial charge is 0.467 e. The summed E-state index contributed by atoms with van der Waals surface area (Å²) < 4.78 is 32.3. The number of hydrogen-bond acceptors (Lipinski definition) is 5. The van der Waals surface area contributed by atoms with Crippen molar-refractivity contribution in [2.24, 2.45) is 5.92 Å². The van der Waals surface area contributed by atoms with E-state index < -0.39 is 10.0 Å². The molecule has 0 saturated carbocycles. The van der Waals surface area contributed by atoms with E-state index in [0.29, 0.717) is 55.8 Å². The van der Waals surface area contributed by atoms with Gasteiger partial charge in [-0.3, -0.25) is 9.59 Å². The van der Waals surface area contributed by atoms with Gasteiger partial charge < -0.3 is 15.1 Å². The van der Waals surface area contributed by atoms with E-state index in [2.05, 4.69) is 10.6 Å². The van der Waals surface area contributed by atoms with E-state index in [0.717, 1.165) is 5.56 Å². The number of para-hydroxylation sites is 1. The molecule has 3 aromatic rings. The zero-order valence-electron chi connectivity index (χ0n) is 20.1. The molecule has 0 spiro atoms. The van der Waals surface area contributed by atoms with Crippen LogP contribution in [0.3, 0.4) is 0 Å². The predicted octanol–water partition coefficient (Wildman–Crippen LogP) is 3.82. The summed E-state index contributed by atoms with van der Waals surface area (Å²) in [6, 6.07) is 20.2. The zero-order valence-corrected chi connectivity index (χ0v) is 20.9. The number of carbonyl (C=O) groups excluding carboxylic acids is 2. The lowest BCUT2D eigenvalue weighted by molar-refractivity contribution is -0.120. The highest BCUT2D eigenvalue weighted by Crippen LogP contribution is 2.23. The molecule has 0 unspecified atom stereocenters. The minimum Gasteiger partial charge on any atom is -0.467 e. The van der Waals surface area contributed by atoms with Gasteiger partial charge in [-0.1, -0.05) is 42.5 Å². The van der Waals surface area contributed by atoms with Gasteiger partial charge >= 0.3 is 0 Å². The molecule has 36 heavy (non-hydrogen) atoms. The Bertz CT molecular complexity index is 1250. The number of rotatable bonds is 10. The molecular formula is C27H31N3O5S. The van der Waals surface area contributed by atoms with Gasteiger partial charge in [0.25, 0.3) is 5.91 Å². The van der Waals surface area contributed by atoms with Gasteiger partial charge in [-0.2, -0.15) is 0 Å². The maximum atomic E-state index is 12.9. The molecule has 0 radical (unpaired) electrons. The maximum Gasteiger partial charge on any atom is 0.253 e. The highest BCUT2D eigenvalue weighted by atomic mass is 32.2. The van der Waals surface area contributed by atoms with Crippen LogP contribution in [0.1, 0.15) is 40.9 Å². The summed E-state index contributed by atoms with van der Waals surface area (Å²) in [4.78, 5) is 25.6. The second-order valence-electron chi connectivity index (χ2n) is 8.88. The number of furan rings is 1. The van der Waals surface area contributed by atoms with Gasteiger partial charge in [0.1, 0.15) is 5.76 Å². The monoisotopic (exact) mass is 509 g/mol. The standard InChI is InChI=1S/C27H31N3O5S/c31-26(29-25-13-5-4-12-24(25)27(32)28-20-23-11-6-18-35-23)22-14-16-30(17-15-22)36(33,34)19-7-10-21-8-2-1-3-9-21/h1-6,8-9,11-13,18,22H,7,10,14-17,19-20H2,(H,28,32)(H,29,31). The fourth-order valence-corrected chi connectivity index (χ4v) is 5.86. The van der Waals surface area contributed by atoms with E-state index in [1.165, 1.54) is 10.6 Å². The van der Waals surface area contributed by atoms with Crippen molar-refractivity contribution in [1.82, 2.24) is 9.62 Å². The molecule has 1 aromatic heterocycles. The second kappa shape index (κ2) is 12.0. The fourth-order valence-electron chi connectivity index (χ4n) is 4.33. The van der Waals surface area contributed by atoms with Crippen LogP contribution in [-0.4, -0.2) is 43.4 Å². The summed E-state index contributed by atoms with van der Waals surface area (Å²) >= 11 is 0. The molecule has 2 N–H and O–H groups in total. The minimum absolute atomic E-state index is 0.0965. The number of piperidine rings is 1. The molecule has 190 valence electrons. The number of aryl methyl sites for hydroxylation is 1. The van der Waals surface area contributed by atoms with Crippen LogP contribution < -0.4 is 10.6 Å². The van der Waals surface area contributed by atoms with E-state index in [4.69, 9.17) is 4.42 Å². The number of hydrogen-bond donors (Lipinski definition) is 2. The molecule has 1 aliphatic heterocycles. The molecule has 2 amide bonds. The molecule has 9 heteroatoms.